The zero-order chi connectivity index (χ0) is 12.3. The second kappa shape index (κ2) is 5.52. The van der Waals surface area contributed by atoms with Crippen molar-refractivity contribution in [2.24, 2.45) is 11.7 Å². The molecule has 1 aromatic carbocycles. The molecule has 1 fully saturated rings. The molecule has 2 rings (SSSR count). The van der Waals surface area contributed by atoms with E-state index in [2.05, 4.69) is 5.32 Å². The summed E-state index contributed by atoms with van der Waals surface area (Å²) in [5.74, 6) is 0.196. The van der Waals surface area contributed by atoms with Gasteiger partial charge >= 0.3 is 0 Å². The van der Waals surface area contributed by atoms with E-state index < -0.39 is 0 Å². The van der Waals surface area contributed by atoms with Crippen LogP contribution in [-0.4, -0.2) is 11.9 Å². The summed E-state index contributed by atoms with van der Waals surface area (Å²) in [5.41, 5.74) is 6.81. The zero-order valence-electron chi connectivity index (χ0n) is 9.66. The minimum absolute atomic E-state index is 0.0872. The summed E-state index contributed by atoms with van der Waals surface area (Å²) in [7, 11) is 0. The molecule has 0 saturated heterocycles. The van der Waals surface area contributed by atoms with Crippen molar-refractivity contribution in [2.75, 3.05) is 0 Å². The average Bonchev–Trinajstić information content (AvgIpc) is 2.73. The first-order valence-corrected chi connectivity index (χ1v) is 6.30. The van der Waals surface area contributed by atoms with Gasteiger partial charge in [0.15, 0.2) is 0 Å². The monoisotopic (exact) mass is 252 g/mol. The Morgan fingerprint density at radius 1 is 1.47 bits per heavy atom. The molecule has 2 atom stereocenters. The number of benzene rings is 1. The Morgan fingerprint density at radius 3 is 2.94 bits per heavy atom. The molecule has 1 aliphatic carbocycles. The van der Waals surface area contributed by atoms with Gasteiger partial charge in [0, 0.05) is 23.5 Å². The van der Waals surface area contributed by atoms with Crippen molar-refractivity contribution < 1.29 is 4.79 Å². The van der Waals surface area contributed by atoms with Gasteiger partial charge in [0.05, 0.1) is 0 Å². The number of halogens is 1. The Balaban J connectivity index is 1.84. The standard InChI is InChI=1S/C13H17ClN2O/c14-11-3-1-2-9(6-11)8-16-13(17)10-4-5-12(15)7-10/h1-3,6,10,12H,4-5,7-8,15H2,(H,16,17). The third-order valence-electron chi connectivity index (χ3n) is 3.20. The van der Waals surface area contributed by atoms with Gasteiger partial charge in [0.2, 0.25) is 5.91 Å². The lowest BCUT2D eigenvalue weighted by molar-refractivity contribution is -0.125. The van der Waals surface area contributed by atoms with E-state index in [0.717, 1.165) is 24.8 Å². The van der Waals surface area contributed by atoms with E-state index in [0.29, 0.717) is 11.6 Å². The highest BCUT2D eigenvalue weighted by molar-refractivity contribution is 6.30. The Hall–Kier alpha value is -1.06. The molecule has 1 saturated carbocycles. The predicted molar refractivity (Wildman–Crippen MR) is 68.6 cm³/mol. The summed E-state index contributed by atoms with van der Waals surface area (Å²) in [6.45, 7) is 0.533. The largest absolute Gasteiger partial charge is 0.352 e. The quantitative estimate of drug-likeness (QED) is 0.866. The normalized spacial score (nSPS) is 23.6. The Bertz CT molecular complexity index is 408. The highest BCUT2D eigenvalue weighted by atomic mass is 35.5. The molecule has 92 valence electrons. The van der Waals surface area contributed by atoms with Crippen molar-refractivity contribution in [3.63, 3.8) is 0 Å². The van der Waals surface area contributed by atoms with Crippen LogP contribution in [0.1, 0.15) is 24.8 Å². The Labute approximate surface area is 106 Å². The minimum atomic E-state index is 0.0872. The first kappa shape index (κ1) is 12.4. The third-order valence-corrected chi connectivity index (χ3v) is 3.43. The van der Waals surface area contributed by atoms with Crippen LogP contribution in [0, 0.1) is 5.92 Å². The van der Waals surface area contributed by atoms with Gasteiger partial charge in [-0.15, -0.1) is 0 Å². The molecule has 1 amide bonds. The molecule has 17 heavy (non-hydrogen) atoms. The number of nitrogens with one attached hydrogen (secondary N) is 1. The van der Waals surface area contributed by atoms with Gasteiger partial charge in [-0.05, 0) is 37.0 Å². The number of hydrogen-bond donors (Lipinski definition) is 2. The van der Waals surface area contributed by atoms with Crippen LogP contribution in [-0.2, 0) is 11.3 Å². The number of amides is 1. The molecule has 3 nitrogen and oxygen atoms in total. The first-order chi connectivity index (χ1) is 8.15. The molecule has 0 radical (unpaired) electrons. The van der Waals surface area contributed by atoms with E-state index in [1.807, 2.05) is 24.3 Å². The van der Waals surface area contributed by atoms with Crippen LogP contribution in [0.15, 0.2) is 24.3 Å². The number of carbonyl (C=O) groups is 1. The lowest BCUT2D eigenvalue weighted by Crippen LogP contribution is -2.29. The molecule has 3 N–H and O–H groups in total. The second-order valence-electron chi connectivity index (χ2n) is 4.62. The molecule has 1 aliphatic rings. The maximum atomic E-state index is 11.8. The van der Waals surface area contributed by atoms with E-state index in [1.54, 1.807) is 0 Å². The molecule has 0 aliphatic heterocycles. The van der Waals surface area contributed by atoms with Crippen LogP contribution in [0.4, 0.5) is 0 Å². The minimum Gasteiger partial charge on any atom is -0.352 e. The van der Waals surface area contributed by atoms with Crippen LogP contribution < -0.4 is 11.1 Å². The molecule has 0 heterocycles. The number of carbonyl (C=O) groups excluding carboxylic acids is 1. The topological polar surface area (TPSA) is 55.1 Å². The molecule has 4 heteroatoms. The highest BCUT2D eigenvalue weighted by Crippen LogP contribution is 2.24. The maximum Gasteiger partial charge on any atom is 0.223 e. The molecule has 0 aromatic heterocycles. The van der Waals surface area contributed by atoms with Gasteiger partial charge in [0.25, 0.3) is 0 Å². The zero-order valence-corrected chi connectivity index (χ0v) is 10.4. The molecule has 0 bridgehead atoms. The summed E-state index contributed by atoms with van der Waals surface area (Å²) in [5, 5.41) is 3.63. The van der Waals surface area contributed by atoms with E-state index >= 15 is 0 Å². The number of nitrogens with two attached hydrogens (primary N) is 1. The fourth-order valence-corrected chi connectivity index (χ4v) is 2.45. The summed E-state index contributed by atoms with van der Waals surface area (Å²) in [6.07, 6.45) is 2.67. The van der Waals surface area contributed by atoms with Crippen molar-refractivity contribution in [1.29, 1.82) is 0 Å². The van der Waals surface area contributed by atoms with Gasteiger partial charge in [-0.25, -0.2) is 0 Å². The van der Waals surface area contributed by atoms with E-state index in [9.17, 15) is 4.79 Å². The summed E-state index contributed by atoms with van der Waals surface area (Å²) in [6, 6.07) is 7.71. The van der Waals surface area contributed by atoms with Crippen LogP contribution in [0.5, 0.6) is 0 Å². The van der Waals surface area contributed by atoms with Gasteiger partial charge in [0.1, 0.15) is 0 Å². The number of rotatable bonds is 3. The fourth-order valence-electron chi connectivity index (χ4n) is 2.23. The fraction of sp³-hybridized carbons (Fsp3) is 0.462. The molecule has 2 unspecified atom stereocenters. The number of hydrogen-bond acceptors (Lipinski definition) is 2. The van der Waals surface area contributed by atoms with E-state index in [4.69, 9.17) is 17.3 Å². The average molecular weight is 253 g/mol. The second-order valence-corrected chi connectivity index (χ2v) is 5.05. The molecular formula is C13H17ClN2O. The van der Waals surface area contributed by atoms with Gasteiger partial charge in [-0.1, -0.05) is 23.7 Å². The highest BCUT2D eigenvalue weighted by Gasteiger charge is 2.27. The first-order valence-electron chi connectivity index (χ1n) is 5.93. The predicted octanol–water partition coefficient (Wildman–Crippen LogP) is 2.08. The summed E-state index contributed by atoms with van der Waals surface area (Å²) >= 11 is 5.88. The third kappa shape index (κ3) is 3.45. The van der Waals surface area contributed by atoms with Crippen molar-refractivity contribution >= 4 is 17.5 Å². The van der Waals surface area contributed by atoms with Crippen LogP contribution in [0.3, 0.4) is 0 Å². The van der Waals surface area contributed by atoms with Gasteiger partial charge in [-0.2, -0.15) is 0 Å². The summed E-state index contributed by atoms with van der Waals surface area (Å²) in [4.78, 5) is 11.8. The maximum absolute atomic E-state index is 11.8. The summed E-state index contributed by atoms with van der Waals surface area (Å²) < 4.78 is 0. The van der Waals surface area contributed by atoms with Crippen molar-refractivity contribution in [3.8, 4) is 0 Å². The lowest BCUT2D eigenvalue weighted by atomic mass is 10.1. The van der Waals surface area contributed by atoms with E-state index in [-0.39, 0.29) is 17.9 Å². The van der Waals surface area contributed by atoms with Crippen molar-refractivity contribution in [2.45, 2.75) is 31.8 Å². The Morgan fingerprint density at radius 2 is 2.29 bits per heavy atom. The smallest absolute Gasteiger partial charge is 0.223 e. The molecular weight excluding hydrogens is 236 g/mol. The van der Waals surface area contributed by atoms with Gasteiger partial charge < -0.3 is 11.1 Å². The SMILES string of the molecule is NC1CCC(C(=O)NCc2cccc(Cl)c2)C1. The van der Waals surface area contributed by atoms with Crippen molar-refractivity contribution in [3.05, 3.63) is 34.9 Å². The lowest BCUT2D eigenvalue weighted by Gasteiger charge is -2.10. The van der Waals surface area contributed by atoms with Crippen LogP contribution in [0.25, 0.3) is 0 Å². The van der Waals surface area contributed by atoms with Gasteiger partial charge in [-0.3, -0.25) is 4.79 Å². The molecule has 1 aromatic rings. The molecule has 0 spiro atoms. The van der Waals surface area contributed by atoms with E-state index in [1.165, 1.54) is 0 Å². The van der Waals surface area contributed by atoms with Crippen LogP contribution in [0.2, 0.25) is 5.02 Å². The van der Waals surface area contributed by atoms with Crippen molar-refractivity contribution in [1.82, 2.24) is 5.32 Å². The Kier molecular flexibility index (Phi) is 4.02. The van der Waals surface area contributed by atoms with Crippen LogP contribution >= 0.6 is 11.6 Å².